The Morgan fingerprint density at radius 3 is 2.53 bits per heavy atom. The molecule has 102 valence electrons. The number of ether oxygens (including phenoxy) is 1. The predicted molar refractivity (Wildman–Crippen MR) is 59.7 cm³/mol. The third kappa shape index (κ3) is 4.12. The summed E-state index contributed by atoms with van der Waals surface area (Å²) in [6.45, 7) is 3.54. The third-order valence-corrected chi connectivity index (χ3v) is 3.55. The van der Waals surface area contributed by atoms with Gasteiger partial charge in [0.1, 0.15) is 0 Å². The molecule has 0 aromatic rings. The molecule has 1 saturated heterocycles. The van der Waals surface area contributed by atoms with Gasteiger partial charge in [-0.25, -0.2) is 0 Å². The van der Waals surface area contributed by atoms with E-state index < -0.39 is 18.3 Å². The zero-order valence-corrected chi connectivity index (χ0v) is 10.4. The molecule has 0 aromatic heterocycles. The minimum atomic E-state index is -4.21. The molecule has 1 aliphatic rings. The summed E-state index contributed by atoms with van der Waals surface area (Å²) in [5, 5.41) is 2.58. The van der Waals surface area contributed by atoms with Crippen molar-refractivity contribution in [2.24, 2.45) is 5.73 Å². The Hall–Kier alpha value is -0.330. The van der Waals surface area contributed by atoms with Gasteiger partial charge >= 0.3 is 6.18 Å². The summed E-state index contributed by atoms with van der Waals surface area (Å²) >= 11 is 0. The maximum absolute atomic E-state index is 12.3. The van der Waals surface area contributed by atoms with Gasteiger partial charge in [0, 0.05) is 18.7 Å². The Kier molecular flexibility index (Phi) is 4.43. The molecule has 6 heteroatoms. The number of rotatable bonds is 4. The molecule has 1 heterocycles. The summed E-state index contributed by atoms with van der Waals surface area (Å²) < 4.78 is 42.4. The van der Waals surface area contributed by atoms with Crippen LogP contribution in [0.3, 0.4) is 0 Å². The van der Waals surface area contributed by atoms with E-state index in [1.165, 1.54) is 0 Å². The molecule has 0 aromatic carbocycles. The SMILES string of the molecule is CCC1(C)CC(CN)(NCC(F)(F)F)CCO1. The zero-order chi connectivity index (χ0) is 13.2. The van der Waals surface area contributed by atoms with Crippen LogP contribution in [0.15, 0.2) is 0 Å². The second kappa shape index (κ2) is 5.12. The van der Waals surface area contributed by atoms with Gasteiger partial charge in [-0.2, -0.15) is 13.2 Å². The van der Waals surface area contributed by atoms with Crippen LogP contribution in [0.2, 0.25) is 0 Å². The van der Waals surface area contributed by atoms with E-state index in [-0.39, 0.29) is 12.1 Å². The quantitative estimate of drug-likeness (QED) is 0.804. The van der Waals surface area contributed by atoms with Crippen molar-refractivity contribution >= 4 is 0 Å². The van der Waals surface area contributed by atoms with Crippen molar-refractivity contribution in [1.29, 1.82) is 0 Å². The van der Waals surface area contributed by atoms with E-state index in [2.05, 4.69) is 5.32 Å². The van der Waals surface area contributed by atoms with Crippen LogP contribution < -0.4 is 11.1 Å². The molecule has 3 nitrogen and oxygen atoms in total. The van der Waals surface area contributed by atoms with Crippen molar-refractivity contribution < 1.29 is 17.9 Å². The fourth-order valence-electron chi connectivity index (χ4n) is 2.26. The molecule has 0 amide bonds. The molecular formula is C11H21F3N2O. The minimum Gasteiger partial charge on any atom is -0.375 e. The van der Waals surface area contributed by atoms with Crippen LogP contribution in [-0.4, -0.2) is 37.0 Å². The first-order chi connectivity index (χ1) is 7.74. The van der Waals surface area contributed by atoms with Crippen LogP contribution in [0.1, 0.15) is 33.1 Å². The molecule has 0 saturated carbocycles. The highest BCUT2D eigenvalue weighted by Gasteiger charge is 2.43. The molecule has 3 N–H and O–H groups in total. The Morgan fingerprint density at radius 2 is 2.06 bits per heavy atom. The summed E-state index contributed by atoms with van der Waals surface area (Å²) in [7, 11) is 0. The number of hydrogen-bond donors (Lipinski definition) is 2. The van der Waals surface area contributed by atoms with Gasteiger partial charge < -0.3 is 15.8 Å². The van der Waals surface area contributed by atoms with E-state index in [0.717, 1.165) is 6.42 Å². The Balaban J connectivity index is 2.68. The van der Waals surface area contributed by atoms with Crippen LogP contribution >= 0.6 is 0 Å². The van der Waals surface area contributed by atoms with Crippen molar-refractivity contribution in [1.82, 2.24) is 5.32 Å². The zero-order valence-electron chi connectivity index (χ0n) is 10.4. The Morgan fingerprint density at radius 1 is 1.41 bits per heavy atom. The summed E-state index contributed by atoms with van der Waals surface area (Å²) in [5.41, 5.74) is 4.63. The standard InChI is InChI=1S/C11H21F3N2O/c1-3-9(2)6-10(7-15,4-5-17-9)16-8-11(12,13)14/h16H,3-8,15H2,1-2H3. The van der Waals surface area contributed by atoms with Gasteiger partial charge in [0.25, 0.3) is 0 Å². The van der Waals surface area contributed by atoms with Crippen molar-refractivity contribution in [2.75, 3.05) is 19.7 Å². The molecule has 0 radical (unpaired) electrons. The lowest BCUT2D eigenvalue weighted by Gasteiger charge is -2.46. The van der Waals surface area contributed by atoms with E-state index in [0.29, 0.717) is 19.4 Å². The van der Waals surface area contributed by atoms with E-state index >= 15 is 0 Å². The molecule has 1 aliphatic heterocycles. The van der Waals surface area contributed by atoms with Gasteiger partial charge in [-0.05, 0) is 26.2 Å². The molecule has 1 fully saturated rings. The number of halogens is 3. The van der Waals surface area contributed by atoms with E-state index in [9.17, 15) is 13.2 Å². The lowest BCUT2D eigenvalue weighted by Crippen LogP contribution is -2.61. The van der Waals surface area contributed by atoms with Gasteiger partial charge in [0.15, 0.2) is 0 Å². The fraction of sp³-hybridized carbons (Fsp3) is 1.00. The summed E-state index contributed by atoms with van der Waals surface area (Å²) in [6.07, 6.45) is -2.40. The van der Waals surface area contributed by atoms with Gasteiger partial charge in [-0.15, -0.1) is 0 Å². The van der Waals surface area contributed by atoms with E-state index in [1.807, 2.05) is 13.8 Å². The predicted octanol–water partition coefficient (Wildman–Crippen LogP) is 1.81. The van der Waals surface area contributed by atoms with Gasteiger partial charge in [-0.1, -0.05) is 6.92 Å². The Bertz CT molecular complexity index is 260. The molecule has 1 rings (SSSR count). The van der Waals surface area contributed by atoms with Gasteiger partial charge in [0.05, 0.1) is 12.1 Å². The van der Waals surface area contributed by atoms with Crippen LogP contribution in [-0.2, 0) is 4.74 Å². The molecule has 0 bridgehead atoms. The normalized spacial score (nSPS) is 34.9. The Labute approximate surface area is 99.9 Å². The number of nitrogens with two attached hydrogens (primary N) is 1. The molecular weight excluding hydrogens is 233 g/mol. The highest BCUT2D eigenvalue weighted by molar-refractivity contribution is 4.99. The molecule has 2 atom stereocenters. The smallest absolute Gasteiger partial charge is 0.375 e. The monoisotopic (exact) mass is 254 g/mol. The summed E-state index contributed by atoms with van der Waals surface area (Å²) in [4.78, 5) is 0. The molecule has 17 heavy (non-hydrogen) atoms. The lowest BCUT2D eigenvalue weighted by molar-refractivity contribution is -0.141. The minimum absolute atomic E-state index is 0.196. The summed E-state index contributed by atoms with van der Waals surface area (Å²) in [5.74, 6) is 0. The fourth-order valence-corrected chi connectivity index (χ4v) is 2.26. The van der Waals surface area contributed by atoms with E-state index in [1.54, 1.807) is 0 Å². The average molecular weight is 254 g/mol. The van der Waals surface area contributed by atoms with Crippen LogP contribution in [0.4, 0.5) is 13.2 Å². The van der Waals surface area contributed by atoms with Gasteiger partial charge in [0.2, 0.25) is 0 Å². The van der Waals surface area contributed by atoms with E-state index in [4.69, 9.17) is 10.5 Å². The average Bonchev–Trinajstić information content (AvgIpc) is 2.26. The van der Waals surface area contributed by atoms with Crippen LogP contribution in [0, 0.1) is 0 Å². The third-order valence-electron chi connectivity index (χ3n) is 3.55. The van der Waals surface area contributed by atoms with Crippen LogP contribution in [0.5, 0.6) is 0 Å². The highest BCUT2D eigenvalue weighted by Crippen LogP contribution is 2.34. The first kappa shape index (κ1) is 14.7. The molecule has 0 aliphatic carbocycles. The first-order valence-corrected chi connectivity index (χ1v) is 5.90. The van der Waals surface area contributed by atoms with Crippen molar-refractivity contribution in [3.05, 3.63) is 0 Å². The lowest BCUT2D eigenvalue weighted by atomic mass is 9.79. The number of nitrogens with one attached hydrogen (secondary N) is 1. The first-order valence-electron chi connectivity index (χ1n) is 5.90. The second-order valence-electron chi connectivity index (χ2n) is 5.03. The number of alkyl halides is 3. The highest BCUT2D eigenvalue weighted by atomic mass is 19.4. The van der Waals surface area contributed by atoms with Crippen molar-refractivity contribution in [3.63, 3.8) is 0 Å². The van der Waals surface area contributed by atoms with Crippen LogP contribution in [0.25, 0.3) is 0 Å². The van der Waals surface area contributed by atoms with Crippen molar-refractivity contribution in [2.45, 2.75) is 50.4 Å². The molecule has 0 spiro atoms. The maximum atomic E-state index is 12.3. The summed E-state index contributed by atoms with van der Waals surface area (Å²) in [6, 6.07) is 0. The van der Waals surface area contributed by atoms with Crippen molar-refractivity contribution in [3.8, 4) is 0 Å². The largest absolute Gasteiger partial charge is 0.401 e. The maximum Gasteiger partial charge on any atom is 0.401 e. The molecule has 2 unspecified atom stereocenters. The topological polar surface area (TPSA) is 47.3 Å². The number of hydrogen-bond acceptors (Lipinski definition) is 3. The van der Waals surface area contributed by atoms with Gasteiger partial charge in [-0.3, -0.25) is 0 Å². The second-order valence-corrected chi connectivity index (χ2v) is 5.03.